The summed E-state index contributed by atoms with van der Waals surface area (Å²) in [6.45, 7) is 0. The largest absolute Gasteiger partial charge is 0.481 e. The zero-order chi connectivity index (χ0) is 11.8. The van der Waals surface area contributed by atoms with E-state index in [1.807, 2.05) is 0 Å². The highest BCUT2D eigenvalue weighted by atomic mass is 16.4. The molecule has 84 valence electrons. The normalized spacial score (nSPS) is 30.6. The molecule has 5 N–H and O–H groups in total. The van der Waals surface area contributed by atoms with Crippen molar-refractivity contribution in [2.45, 2.75) is 18.9 Å². The van der Waals surface area contributed by atoms with E-state index in [4.69, 9.17) is 21.1 Å². The van der Waals surface area contributed by atoms with Crippen LogP contribution in [0.2, 0.25) is 0 Å². The summed E-state index contributed by atoms with van der Waals surface area (Å²) in [7, 11) is 0. The van der Waals surface area contributed by atoms with E-state index in [0.29, 0.717) is 0 Å². The highest BCUT2D eigenvalue weighted by Gasteiger charge is 2.65. The molecule has 0 unspecified atom stereocenters. The average molecular weight is 217 g/mol. The number of carboxylic acids is 3. The number of carbonyl (C=O) groups is 3. The minimum atomic E-state index is -1.50. The van der Waals surface area contributed by atoms with E-state index in [2.05, 4.69) is 0 Å². The van der Waals surface area contributed by atoms with Crippen molar-refractivity contribution in [2.75, 3.05) is 0 Å². The molecular formula is C8H11NO6. The smallest absolute Gasteiger partial charge is 0.320 e. The van der Waals surface area contributed by atoms with Crippen LogP contribution in [-0.4, -0.2) is 39.3 Å². The van der Waals surface area contributed by atoms with Crippen LogP contribution in [0.1, 0.15) is 12.8 Å². The highest BCUT2D eigenvalue weighted by molar-refractivity contribution is 5.90. The summed E-state index contributed by atoms with van der Waals surface area (Å²) in [4.78, 5) is 31.9. The standard InChI is InChI=1S/C8H11NO6/c9-4(6(12)13)2-8(7(14)15)1-3(8)5(10)11/h3-4H,1-2,9H2,(H,10,11)(H,12,13)(H,14,15)/t3-,4+,8-/m1/s1. The van der Waals surface area contributed by atoms with Gasteiger partial charge in [0.2, 0.25) is 0 Å². The van der Waals surface area contributed by atoms with Crippen molar-refractivity contribution in [2.24, 2.45) is 17.1 Å². The van der Waals surface area contributed by atoms with Gasteiger partial charge in [-0.05, 0) is 12.8 Å². The Morgan fingerprint density at radius 2 is 1.87 bits per heavy atom. The van der Waals surface area contributed by atoms with Gasteiger partial charge in [0.05, 0.1) is 11.3 Å². The maximum Gasteiger partial charge on any atom is 0.320 e. The fraction of sp³-hybridized carbons (Fsp3) is 0.625. The zero-order valence-electron chi connectivity index (χ0n) is 7.71. The van der Waals surface area contributed by atoms with Crippen molar-refractivity contribution in [1.29, 1.82) is 0 Å². The molecule has 1 aliphatic carbocycles. The molecule has 0 aromatic carbocycles. The topological polar surface area (TPSA) is 138 Å². The highest BCUT2D eigenvalue weighted by Crippen LogP contribution is 2.56. The van der Waals surface area contributed by atoms with Gasteiger partial charge in [-0.2, -0.15) is 0 Å². The fourth-order valence-corrected chi connectivity index (χ4v) is 1.66. The first-order valence-electron chi connectivity index (χ1n) is 4.26. The summed E-state index contributed by atoms with van der Waals surface area (Å²) in [5, 5.41) is 26.0. The van der Waals surface area contributed by atoms with Gasteiger partial charge in [-0.1, -0.05) is 0 Å². The minimum absolute atomic E-state index is 0.0569. The van der Waals surface area contributed by atoms with Crippen molar-refractivity contribution in [3.05, 3.63) is 0 Å². The first-order valence-corrected chi connectivity index (χ1v) is 4.26. The Hall–Kier alpha value is -1.63. The number of rotatable bonds is 5. The minimum Gasteiger partial charge on any atom is -0.481 e. The molecule has 7 nitrogen and oxygen atoms in total. The van der Waals surface area contributed by atoms with Crippen LogP contribution >= 0.6 is 0 Å². The van der Waals surface area contributed by atoms with Gasteiger partial charge >= 0.3 is 17.9 Å². The third kappa shape index (κ3) is 1.91. The van der Waals surface area contributed by atoms with Gasteiger partial charge in [-0.3, -0.25) is 14.4 Å². The molecule has 0 saturated heterocycles. The predicted molar refractivity (Wildman–Crippen MR) is 46.0 cm³/mol. The molecule has 7 heteroatoms. The van der Waals surface area contributed by atoms with Gasteiger partial charge in [-0.25, -0.2) is 0 Å². The lowest BCUT2D eigenvalue weighted by atomic mass is 9.94. The monoisotopic (exact) mass is 217 g/mol. The molecule has 0 heterocycles. The number of aliphatic carboxylic acids is 3. The summed E-state index contributed by atoms with van der Waals surface area (Å²) in [5.74, 6) is -4.88. The zero-order valence-corrected chi connectivity index (χ0v) is 7.71. The van der Waals surface area contributed by atoms with E-state index >= 15 is 0 Å². The number of carboxylic acid groups (broad SMARTS) is 3. The third-order valence-corrected chi connectivity index (χ3v) is 2.70. The quantitative estimate of drug-likeness (QED) is 0.461. The van der Waals surface area contributed by atoms with Crippen molar-refractivity contribution < 1.29 is 29.7 Å². The SMILES string of the molecule is N[C@@H](C[C@]1(C(=O)O)C[C@@H]1C(=O)O)C(=O)O. The Balaban J connectivity index is 2.75. The second-order valence-electron chi connectivity index (χ2n) is 3.71. The molecule has 0 amide bonds. The first-order chi connectivity index (χ1) is 6.81. The van der Waals surface area contributed by atoms with Crippen molar-refractivity contribution in [3.8, 4) is 0 Å². The summed E-state index contributed by atoms with van der Waals surface area (Å²) in [6.07, 6.45) is -0.409. The summed E-state index contributed by atoms with van der Waals surface area (Å²) >= 11 is 0. The van der Waals surface area contributed by atoms with Gasteiger partial charge in [0, 0.05) is 0 Å². The number of nitrogens with two attached hydrogens (primary N) is 1. The van der Waals surface area contributed by atoms with E-state index in [-0.39, 0.29) is 12.8 Å². The molecule has 1 saturated carbocycles. The molecule has 0 aromatic rings. The molecule has 0 spiro atoms. The van der Waals surface area contributed by atoms with Gasteiger partial charge in [0.15, 0.2) is 0 Å². The van der Waals surface area contributed by atoms with Crippen LogP contribution in [-0.2, 0) is 14.4 Å². The Morgan fingerprint density at radius 3 is 2.13 bits per heavy atom. The van der Waals surface area contributed by atoms with Gasteiger partial charge in [0.25, 0.3) is 0 Å². The molecule has 1 fully saturated rings. The molecule has 0 bridgehead atoms. The van der Waals surface area contributed by atoms with E-state index < -0.39 is 35.3 Å². The maximum absolute atomic E-state index is 10.8. The molecule has 1 aliphatic rings. The van der Waals surface area contributed by atoms with Crippen LogP contribution in [0.15, 0.2) is 0 Å². The van der Waals surface area contributed by atoms with Crippen LogP contribution in [0, 0.1) is 11.3 Å². The average Bonchev–Trinajstić information content (AvgIpc) is 2.80. The Kier molecular flexibility index (Phi) is 2.67. The van der Waals surface area contributed by atoms with Crippen molar-refractivity contribution in [3.63, 3.8) is 0 Å². The number of hydrogen-bond donors (Lipinski definition) is 4. The Morgan fingerprint density at radius 1 is 1.33 bits per heavy atom. The molecule has 1 rings (SSSR count). The second kappa shape index (κ2) is 3.50. The molecule has 3 atom stereocenters. The van der Waals surface area contributed by atoms with Crippen LogP contribution in [0.5, 0.6) is 0 Å². The molecule has 0 radical (unpaired) electrons. The number of hydrogen-bond acceptors (Lipinski definition) is 4. The summed E-state index contributed by atoms with van der Waals surface area (Å²) in [6, 6.07) is -1.34. The van der Waals surface area contributed by atoms with E-state index in [1.54, 1.807) is 0 Å². The molecule has 0 aromatic heterocycles. The maximum atomic E-state index is 10.8. The van der Waals surface area contributed by atoms with Crippen LogP contribution in [0.25, 0.3) is 0 Å². The van der Waals surface area contributed by atoms with E-state index in [0.717, 1.165) is 0 Å². The van der Waals surface area contributed by atoms with Crippen LogP contribution in [0.4, 0.5) is 0 Å². The lowest BCUT2D eigenvalue weighted by Crippen LogP contribution is -2.36. The molecular weight excluding hydrogens is 206 g/mol. The summed E-state index contributed by atoms with van der Waals surface area (Å²) < 4.78 is 0. The second-order valence-corrected chi connectivity index (χ2v) is 3.71. The van der Waals surface area contributed by atoms with Crippen LogP contribution in [0.3, 0.4) is 0 Å². The van der Waals surface area contributed by atoms with Gasteiger partial charge < -0.3 is 21.1 Å². The molecule has 15 heavy (non-hydrogen) atoms. The molecule has 0 aliphatic heterocycles. The predicted octanol–water partition coefficient (Wildman–Crippen LogP) is -1.04. The van der Waals surface area contributed by atoms with Crippen molar-refractivity contribution in [1.82, 2.24) is 0 Å². The fourth-order valence-electron chi connectivity index (χ4n) is 1.66. The Labute approximate surface area is 84.5 Å². The Bertz CT molecular complexity index is 327. The third-order valence-electron chi connectivity index (χ3n) is 2.70. The lowest BCUT2D eigenvalue weighted by molar-refractivity contribution is -0.150. The summed E-state index contributed by atoms with van der Waals surface area (Å²) in [5.41, 5.74) is 3.69. The lowest BCUT2D eigenvalue weighted by Gasteiger charge is -2.13. The van der Waals surface area contributed by atoms with E-state index in [1.165, 1.54) is 0 Å². The van der Waals surface area contributed by atoms with Gasteiger partial charge in [0.1, 0.15) is 6.04 Å². The van der Waals surface area contributed by atoms with Gasteiger partial charge in [-0.15, -0.1) is 0 Å². The first kappa shape index (κ1) is 11.4. The van der Waals surface area contributed by atoms with Crippen molar-refractivity contribution >= 4 is 17.9 Å². The van der Waals surface area contributed by atoms with E-state index in [9.17, 15) is 14.4 Å². The van der Waals surface area contributed by atoms with Crippen LogP contribution < -0.4 is 5.73 Å².